The molecule has 2 aliphatic heterocycles. The molecule has 2 aliphatic rings. The molecule has 0 amide bonds. The van der Waals surface area contributed by atoms with E-state index in [4.69, 9.17) is 5.73 Å². The van der Waals surface area contributed by atoms with Crippen molar-refractivity contribution in [2.45, 2.75) is 25.8 Å². The second kappa shape index (κ2) is 4.81. The lowest BCUT2D eigenvalue weighted by Gasteiger charge is -2.39. The van der Waals surface area contributed by atoms with Crippen LogP contribution in [0, 0.1) is 11.8 Å². The first kappa shape index (κ1) is 11.4. The van der Waals surface area contributed by atoms with E-state index in [2.05, 4.69) is 23.8 Å². The summed E-state index contributed by atoms with van der Waals surface area (Å²) < 4.78 is 0. The van der Waals surface area contributed by atoms with Crippen molar-refractivity contribution in [1.29, 1.82) is 0 Å². The van der Waals surface area contributed by atoms with E-state index >= 15 is 0 Å². The van der Waals surface area contributed by atoms with Gasteiger partial charge in [0.1, 0.15) is 0 Å². The number of hydrogen-bond acceptors (Lipinski definition) is 3. The Morgan fingerprint density at radius 3 is 2.60 bits per heavy atom. The maximum atomic E-state index is 5.84. The maximum absolute atomic E-state index is 5.84. The van der Waals surface area contributed by atoms with Crippen molar-refractivity contribution in [2.75, 3.05) is 39.8 Å². The Kier molecular flexibility index (Phi) is 3.65. The Morgan fingerprint density at radius 1 is 1.20 bits per heavy atom. The highest BCUT2D eigenvalue weighted by Gasteiger charge is 2.31. The fraction of sp³-hybridized carbons (Fsp3) is 1.00. The monoisotopic (exact) mass is 211 g/mol. The van der Waals surface area contributed by atoms with Crippen LogP contribution in [0.25, 0.3) is 0 Å². The molecule has 0 radical (unpaired) electrons. The summed E-state index contributed by atoms with van der Waals surface area (Å²) in [5.74, 6) is 1.55. The quantitative estimate of drug-likeness (QED) is 0.726. The molecular formula is C12H25N3. The van der Waals surface area contributed by atoms with E-state index in [0.29, 0.717) is 0 Å². The van der Waals surface area contributed by atoms with E-state index in [1.807, 2.05) is 0 Å². The minimum Gasteiger partial charge on any atom is -0.330 e. The van der Waals surface area contributed by atoms with Crippen molar-refractivity contribution >= 4 is 0 Å². The highest BCUT2D eigenvalue weighted by Crippen LogP contribution is 2.26. The van der Waals surface area contributed by atoms with Crippen molar-refractivity contribution < 1.29 is 0 Å². The zero-order valence-corrected chi connectivity index (χ0v) is 10.2. The van der Waals surface area contributed by atoms with Gasteiger partial charge in [0.15, 0.2) is 0 Å². The second-order valence-corrected chi connectivity index (χ2v) is 5.46. The maximum Gasteiger partial charge on any atom is 0.0235 e. The predicted octanol–water partition coefficient (Wildman–Crippen LogP) is 0.607. The van der Waals surface area contributed by atoms with Gasteiger partial charge in [0.25, 0.3) is 0 Å². The standard InChI is InChI=1S/C12H25N3/c1-10-3-6-15(8-11(10)7-13)12-4-5-14(2)9-12/h10-12H,3-9,13H2,1-2H3. The lowest BCUT2D eigenvalue weighted by Crippen LogP contribution is -2.48. The molecule has 2 saturated heterocycles. The summed E-state index contributed by atoms with van der Waals surface area (Å²) in [5, 5.41) is 0. The summed E-state index contributed by atoms with van der Waals surface area (Å²) in [4.78, 5) is 5.13. The molecule has 2 heterocycles. The molecule has 2 fully saturated rings. The van der Waals surface area contributed by atoms with Gasteiger partial charge in [0, 0.05) is 19.1 Å². The average molecular weight is 211 g/mol. The van der Waals surface area contributed by atoms with Gasteiger partial charge < -0.3 is 10.6 Å². The van der Waals surface area contributed by atoms with Crippen LogP contribution < -0.4 is 5.73 Å². The summed E-state index contributed by atoms with van der Waals surface area (Å²) in [6, 6.07) is 0.802. The molecule has 0 aromatic carbocycles. The van der Waals surface area contributed by atoms with Crippen LogP contribution in [-0.2, 0) is 0 Å². The minimum absolute atomic E-state index is 0.727. The van der Waals surface area contributed by atoms with E-state index in [9.17, 15) is 0 Å². The number of nitrogens with zero attached hydrogens (tertiary/aromatic N) is 2. The van der Waals surface area contributed by atoms with Gasteiger partial charge in [-0.1, -0.05) is 6.92 Å². The Hall–Kier alpha value is -0.120. The molecule has 0 aromatic heterocycles. The van der Waals surface area contributed by atoms with E-state index in [0.717, 1.165) is 24.4 Å². The largest absolute Gasteiger partial charge is 0.330 e. The molecule has 0 bridgehead atoms. The van der Waals surface area contributed by atoms with Crippen molar-refractivity contribution in [3.63, 3.8) is 0 Å². The number of piperidine rings is 1. The average Bonchev–Trinajstić information content (AvgIpc) is 2.66. The van der Waals surface area contributed by atoms with Crippen LogP contribution in [0.5, 0.6) is 0 Å². The van der Waals surface area contributed by atoms with E-state index in [-0.39, 0.29) is 0 Å². The third kappa shape index (κ3) is 2.52. The number of nitrogens with two attached hydrogens (primary N) is 1. The van der Waals surface area contributed by atoms with E-state index < -0.39 is 0 Å². The fourth-order valence-electron chi connectivity index (χ4n) is 3.03. The first-order valence-corrected chi connectivity index (χ1v) is 6.33. The van der Waals surface area contributed by atoms with Crippen LogP contribution in [0.15, 0.2) is 0 Å². The molecule has 88 valence electrons. The SMILES string of the molecule is CC1CCN(C2CCN(C)C2)CC1CN. The van der Waals surface area contributed by atoms with E-state index in [1.165, 1.54) is 39.0 Å². The summed E-state index contributed by atoms with van der Waals surface area (Å²) in [6.45, 7) is 8.26. The molecule has 0 saturated carbocycles. The highest BCUT2D eigenvalue weighted by molar-refractivity contribution is 4.87. The Morgan fingerprint density at radius 2 is 2.00 bits per heavy atom. The topological polar surface area (TPSA) is 32.5 Å². The molecule has 3 atom stereocenters. The van der Waals surface area contributed by atoms with Crippen LogP contribution in [0.4, 0.5) is 0 Å². The second-order valence-electron chi connectivity index (χ2n) is 5.46. The molecule has 2 N–H and O–H groups in total. The summed E-state index contributed by atoms with van der Waals surface area (Å²) in [6.07, 6.45) is 2.68. The fourth-order valence-corrected chi connectivity index (χ4v) is 3.03. The van der Waals surface area contributed by atoms with Crippen molar-refractivity contribution in [3.05, 3.63) is 0 Å². The first-order chi connectivity index (χ1) is 7.20. The van der Waals surface area contributed by atoms with Gasteiger partial charge in [-0.05, 0) is 51.4 Å². The summed E-state index contributed by atoms with van der Waals surface area (Å²) in [7, 11) is 2.23. The van der Waals surface area contributed by atoms with Gasteiger partial charge in [-0.2, -0.15) is 0 Å². The Balaban J connectivity index is 1.88. The number of rotatable bonds is 2. The van der Waals surface area contributed by atoms with Crippen molar-refractivity contribution in [1.82, 2.24) is 9.80 Å². The summed E-state index contributed by atoms with van der Waals surface area (Å²) in [5.41, 5.74) is 5.84. The normalized spacial score (nSPS) is 39.8. The zero-order chi connectivity index (χ0) is 10.8. The van der Waals surface area contributed by atoms with Gasteiger partial charge >= 0.3 is 0 Å². The third-order valence-electron chi connectivity index (χ3n) is 4.33. The van der Waals surface area contributed by atoms with Gasteiger partial charge in [-0.15, -0.1) is 0 Å². The summed E-state index contributed by atoms with van der Waals surface area (Å²) >= 11 is 0. The number of hydrogen-bond donors (Lipinski definition) is 1. The van der Waals surface area contributed by atoms with Gasteiger partial charge in [-0.25, -0.2) is 0 Å². The zero-order valence-electron chi connectivity index (χ0n) is 10.2. The lowest BCUT2D eigenvalue weighted by molar-refractivity contribution is 0.0943. The molecule has 2 rings (SSSR count). The van der Waals surface area contributed by atoms with E-state index in [1.54, 1.807) is 0 Å². The van der Waals surface area contributed by atoms with Gasteiger partial charge in [-0.3, -0.25) is 4.90 Å². The first-order valence-electron chi connectivity index (χ1n) is 6.33. The van der Waals surface area contributed by atoms with Crippen LogP contribution in [0.2, 0.25) is 0 Å². The molecule has 3 unspecified atom stereocenters. The highest BCUT2D eigenvalue weighted by atomic mass is 15.2. The third-order valence-corrected chi connectivity index (χ3v) is 4.33. The van der Waals surface area contributed by atoms with Crippen LogP contribution in [0.3, 0.4) is 0 Å². The molecule has 3 nitrogen and oxygen atoms in total. The van der Waals surface area contributed by atoms with Gasteiger partial charge in [0.05, 0.1) is 0 Å². The smallest absolute Gasteiger partial charge is 0.0235 e. The molecular weight excluding hydrogens is 186 g/mol. The Bertz CT molecular complexity index is 207. The molecule has 3 heteroatoms. The molecule has 0 aromatic rings. The number of likely N-dealkylation sites (tertiary alicyclic amines) is 2. The van der Waals surface area contributed by atoms with Gasteiger partial charge in [0.2, 0.25) is 0 Å². The number of likely N-dealkylation sites (N-methyl/N-ethyl adjacent to an activating group) is 1. The van der Waals surface area contributed by atoms with Crippen LogP contribution in [-0.4, -0.2) is 55.6 Å². The Labute approximate surface area is 93.6 Å². The van der Waals surface area contributed by atoms with Crippen LogP contribution >= 0.6 is 0 Å². The van der Waals surface area contributed by atoms with Crippen molar-refractivity contribution in [2.24, 2.45) is 17.6 Å². The van der Waals surface area contributed by atoms with Crippen LogP contribution in [0.1, 0.15) is 19.8 Å². The van der Waals surface area contributed by atoms with Crippen molar-refractivity contribution in [3.8, 4) is 0 Å². The minimum atomic E-state index is 0.727. The molecule has 0 spiro atoms. The lowest BCUT2D eigenvalue weighted by atomic mass is 9.86. The predicted molar refractivity (Wildman–Crippen MR) is 63.8 cm³/mol. The molecule has 15 heavy (non-hydrogen) atoms. The molecule has 0 aliphatic carbocycles.